The maximum absolute atomic E-state index is 11.7. The van der Waals surface area contributed by atoms with Crippen LogP contribution in [0.4, 0.5) is 0 Å². The summed E-state index contributed by atoms with van der Waals surface area (Å²) in [4.78, 5) is 13.7. The standard InChI is InChI=1S/C11H19N3O3S/c1-9(18(2,16)17)11(15)13-10-3-6-14(7-4-10)8-5-12/h9-10H,3-4,6-8H2,1-2H3,(H,13,15). The van der Waals surface area contributed by atoms with Crippen molar-refractivity contribution in [2.24, 2.45) is 0 Å². The summed E-state index contributed by atoms with van der Waals surface area (Å²) in [5.74, 6) is -0.434. The lowest BCUT2D eigenvalue weighted by Gasteiger charge is -2.31. The zero-order valence-corrected chi connectivity index (χ0v) is 11.5. The molecule has 0 bridgehead atoms. The Labute approximate surface area is 108 Å². The minimum atomic E-state index is -3.34. The number of sulfone groups is 1. The minimum absolute atomic E-state index is 0.0108. The molecule has 0 aromatic heterocycles. The van der Waals surface area contributed by atoms with Crippen molar-refractivity contribution in [2.75, 3.05) is 25.9 Å². The third-order valence-corrected chi connectivity index (χ3v) is 4.74. The summed E-state index contributed by atoms with van der Waals surface area (Å²) in [6.45, 7) is 3.31. The molecule has 0 saturated carbocycles. The fourth-order valence-corrected chi connectivity index (χ4v) is 2.31. The van der Waals surface area contributed by atoms with Gasteiger partial charge in [-0.15, -0.1) is 0 Å². The van der Waals surface area contributed by atoms with Crippen molar-refractivity contribution >= 4 is 15.7 Å². The monoisotopic (exact) mass is 273 g/mol. The second kappa shape index (κ2) is 6.16. The maximum atomic E-state index is 11.7. The van der Waals surface area contributed by atoms with Crippen LogP contribution in [0.2, 0.25) is 0 Å². The summed E-state index contributed by atoms with van der Waals surface area (Å²) in [6.07, 6.45) is 2.57. The molecule has 0 spiro atoms. The van der Waals surface area contributed by atoms with Crippen LogP contribution in [0.1, 0.15) is 19.8 Å². The van der Waals surface area contributed by atoms with Gasteiger partial charge in [0.05, 0.1) is 12.6 Å². The first-order valence-electron chi connectivity index (χ1n) is 5.93. The molecule has 1 amide bonds. The van der Waals surface area contributed by atoms with Crippen LogP contribution in [0.5, 0.6) is 0 Å². The lowest BCUT2D eigenvalue weighted by molar-refractivity contribution is -0.121. The number of nitrogens with one attached hydrogen (secondary N) is 1. The maximum Gasteiger partial charge on any atom is 0.238 e. The van der Waals surface area contributed by atoms with Gasteiger partial charge in [-0.25, -0.2) is 8.42 Å². The summed E-state index contributed by atoms with van der Waals surface area (Å²) in [5, 5.41) is 10.3. The SMILES string of the molecule is CC(C(=O)NC1CCN(CC#N)CC1)S(C)(=O)=O. The highest BCUT2D eigenvalue weighted by molar-refractivity contribution is 7.92. The molecule has 0 aromatic carbocycles. The molecule has 0 aliphatic carbocycles. The third-order valence-electron chi connectivity index (χ3n) is 3.24. The molecule has 1 aliphatic heterocycles. The van der Waals surface area contributed by atoms with Crippen LogP contribution in [-0.4, -0.2) is 56.4 Å². The van der Waals surface area contributed by atoms with Gasteiger partial charge in [0.15, 0.2) is 9.84 Å². The molecule has 1 aliphatic rings. The average molecular weight is 273 g/mol. The molecular formula is C11H19N3O3S. The Morgan fingerprint density at radius 3 is 2.50 bits per heavy atom. The largest absolute Gasteiger partial charge is 0.352 e. The summed E-state index contributed by atoms with van der Waals surface area (Å²) in [7, 11) is -3.34. The first-order chi connectivity index (χ1) is 8.34. The lowest BCUT2D eigenvalue weighted by atomic mass is 10.1. The summed E-state index contributed by atoms with van der Waals surface area (Å²) < 4.78 is 22.5. The number of hydrogen-bond donors (Lipinski definition) is 1. The summed E-state index contributed by atoms with van der Waals surface area (Å²) in [6, 6.07) is 2.10. The Bertz CT molecular complexity index is 433. The Morgan fingerprint density at radius 2 is 2.06 bits per heavy atom. The summed E-state index contributed by atoms with van der Waals surface area (Å²) in [5.41, 5.74) is 0. The molecule has 102 valence electrons. The van der Waals surface area contributed by atoms with E-state index in [2.05, 4.69) is 11.4 Å². The first kappa shape index (κ1) is 14.9. The second-order valence-corrected chi connectivity index (χ2v) is 7.06. The van der Waals surface area contributed by atoms with Crippen molar-refractivity contribution in [1.29, 1.82) is 5.26 Å². The Balaban J connectivity index is 2.42. The van der Waals surface area contributed by atoms with E-state index in [0.717, 1.165) is 32.2 Å². The highest BCUT2D eigenvalue weighted by Gasteiger charge is 2.27. The molecule has 1 saturated heterocycles. The smallest absolute Gasteiger partial charge is 0.238 e. The third kappa shape index (κ3) is 4.27. The van der Waals surface area contributed by atoms with E-state index in [9.17, 15) is 13.2 Å². The number of nitriles is 1. The molecule has 7 heteroatoms. The quantitative estimate of drug-likeness (QED) is 0.699. The fraction of sp³-hybridized carbons (Fsp3) is 0.818. The number of piperidine rings is 1. The van der Waals surface area contributed by atoms with E-state index in [0.29, 0.717) is 6.54 Å². The number of rotatable bonds is 4. The number of nitrogens with zero attached hydrogens (tertiary/aromatic N) is 2. The van der Waals surface area contributed by atoms with Crippen molar-refractivity contribution in [1.82, 2.24) is 10.2 Å². The number of likely N-dealkylation sites (tertiary alicyclic amines) is 1. The zero-order chi connectivity index (χ0) is 13.8. The topological polar surface area (TPSA) is 90.3 Å². The van der Waals surface area contributed by atoms with E-state index in [-0.39, 0.29) is 6.04 Å². The molecule has 18 heavy (non-hydrogen) atoms. The highest BCUT2D eigenvalue weighted by atomic mass is 32.2. The van der Waals surface area contributed by atoms with Crippen LogP contribution in [0.15, 0.2) is 0 Å². The van der Waals surface area contributed by atoms with Crippen LogP contribution < -0.4 is 5.32 Å². The van der Waals surface area contributed by atoms with E-state index >= 15 is 0 Å². The predicted molar refractivity (Wildman–Crippen MR) is 67.5 cm³/mol. The van der Waals surface area contributed by atoms with Gasteiger partial charge in [0.1, 0.15) is 5.25 Å². The van der Waals surface area contributed by atoms with Gasteiger partial charge in [-0.2, -0.15) is 5.26 Å². The van der Waals surface area contributed by atoms with E-state index in [1.165, 1.54) is 6.92 Å². The Kier molecular flexibility index (Phi) is 5.11. The number of carbonyl (C=O) groups excluding carboxylic acids is 1. The Morgan fingerprint density at radius 1 is 1.50 bits per heavy atom. The minimum Gasteiger partial charge on any atom is -0.352 e. The molecule has 0 aromatic rings. The molecule has 1 rings (SSSR count). The van der Waals surface area contributed by atoms with Gasteiger partial charge in [-0.3, -0.25) is 9.69 Å². The molecule has 1 unspecified atom stereocenters. The molecule has 6 nitrogen and oxygen atoms in total. The molecule has 0 radical (unpaired) electrons. The van der Waals surface area contributed by atoms with Crippen molar-refractivity contribution in [3.8, 4) is 6.07 Å². The average Bonchev–Trinajstić information content (AvgIpc) is 2.30. The normalized spacial score (nSPS) is 20.1. The van der Waals surface area contributed by atoms with Crippen LogP contribution in [0.25, 0.3) is 0 Å². The summed E-state index contributed by atoms with van der Waals surface area (Å²) >= 11 is 0. The molecule has 1 atom stereocenters. The van der Waals surface area contributed by atoms with Crippen molar-refractivity contribution in [3.63, 3.8) is 0 Å². The van der Waals surface area contributed by atoms with Crippen LogP contribution in [0, 0.1) is 11.3 Å². The van der Waals surface area contributed by atoms with E-state index in [4.69, 9.17) is 5.26 Å². The van der Waals surface area contributed by atoms with Gasteiger partial charge >= 0.3 is 0 Å². The van der Waals surface area contributed by atoms with Crippen molar-refractivity contribution in [2.45, 2.75) is 31.1 Å². The van der Waals surface area contributed by atoms with Crippen molar-refractivity contribution in [3.05, 3.63) is 0 Å². The van der Waals surface area contributed by atoms with E-state index in [1.807, 2.05) is 4.90 Å². The lowest BCUT2D eigenvalue weighted by Crippen LogP contribution is -2.48. The number of amides is 1. The van der Waals surface area contributed by atoms with E-state index in [1.54, 1.807) is 0 Å². The number of hydrogen-bond acceptors (Lipinski definition) is 5. The molecule has 1 N–H and O–H groups in total. The van der Waals surface area contributed by atoms with Gasteiger partial charge in [-0.05, 0) is 19.8 Å². The molecular weight excluding hydrogens is 254 g/mol. The first-order valence-corrected chi connectivity index (χ1v) is 7.88. The van der Waals surface area contributed by atoms with Gasteiger partial charge in [-0.1, -0.05) is 0 Å². The predicted octanol–water partition coefficient (Wildman–Crippen LogP) is -0.476. The number of carbonyl (C=O) groups is 1. The van der Waals surface area contributed by atoms with Crippen LogP contribution in [0.3, 0.4) is 0 Å². The second-order valence-electron chi connectivity index (χ2n) is 4.69. The highest BCUT2D eigenvalue weighted by Crippen LogP contribution is 2.10. The zero-order valence-electron chi connectivity index (χ0n) is 10.7. The van der Waals surface area contributed by atoms with Gasteiger partial charge < -0.3 is 5.32 Å². The van der Waals surface area contributed by atoms with Gasteiger partial charge in [0.25, 0.3) is 0 Å². The molecule has 1 heterocycles. The molecule has 1 fully saturated rings. The van der Waals surface area contributed by atoms with Gasteiger partial charge in [0.2, 0.25) is 5.91 Å². The van der Waals surface area contributed by atoms with Crippen LogP contribution in [-0.2, 0) is 14.6 Å². The van der Waals surface area contributed by atoms with Crippen molar-refractivity contribution < 1.29 is 13.2 Å². The fourth-order valence-electron chi connectivity index (χ4n) is 1.85. The van der Waals surface area contributed by atoms with Crippen LogP contribution >= 0.6 is 0 Å². The van der Waals surface area contributed by atoms with E-state index < -0.39 is 21.0 Å². The Hall–Kier alpha value is -1.13. The van der Waals surface area contributed by atoms with Gasteiger partial charge in [0, 0.05) is 25.4 Å².